The Kier molecular flexibility index (Phi) is 7.98. The van der Waals surface area contributed by atoms with E-state index in [4.69, 9.17) is 14.6 Å². The fourth-order valence-electron chi connectivity index (χ4n) is 2.17. The summed E-state index contributed by atoms with van der Waals surface area (Å²) in [5.41, 5.74) is 0. The van der Waals surface area contributed by atoms with Crippen LogP contribution >= 0.6 is 0 Å². The fraction of sp³-hybridized carbons (Fsp3) is 0.846. The molecular formula is C13H24N2O5. The van der Waals surface area contributed by atoms with E-state index in [2.05, 4.69) is 5.32 Å². The van der Waals surface area contributed by atoms with Gasteiger partial charge >= 0.3 is 12.0 Å². The average molecular weight is 288 g/mol. The summed E-state index contributed by atoms with van der Waals surface area (Å²) in [4.78, 5) is 24.2. The third-order valence-electron chi connectivity index (χ3n) is 3.32. The Morgan fingerprint density at radius 3 is 2.55 bits per heavy atom. The summed E-state index contributed by atoms with van der Waals surface area (Å²) >= 11 is 0. The Bertz CT molecular complexity index is 303. The lowest BCUT2D eigenvalue weighted by Crippen LogP contribution is -2.45. The molecule has 0 radical (unpaired) electrons. The minimum Gasteiger partial charge on any atom is -0.481 e. The van der Waals surface area contributed by atoms with Crippen molar-refractivity contribution >= 4 is 12.0 Å². The molecule has 0 unspecified atom stereocenters. The number of nitrogens with one attached hydrogen (secondary N) is 1. The van der Waals surface area contributed by atoms with Crippen LogP contribution in [0.25, 0.3) is 0 Å². The Morgan fingerprint density at radius 2 is 1.95 bits per heavy atom. The molecule has 1 rings (SSSR count). The van der Waals surface area contributed by atoms with Crippen molar-refractivity contribution in [3.63, 3.8) is 0 Å². The van der Waals surface area contributed by atoms with Gasteiger partial charge in [0.2, 0.25) is 0 Å². The number of ether oxygens (including phenoxy) is 2. The second-order valence-corrected chi connectivity index (χ2v) is 4.87. The van der Waals surface area contributed by atoms with Crippen molar-refractivity contribution in [2.75, 3.05) is 46.6 Å². The first kappa shape index (κ1) is 16.7. The maximum absolute atomic E-state index is 11.8. The monoisotopic (exact) mass is 288 g/mol. The Labute approximate surface area is 119 Å². The van der Waals surface area contributed by atoms with Crippen molar-refractivity contribution in [1.29, 1.82) is 0 Å². The highest BCUT2D eigenvalue weighted by atomic mass is 16.5. The number of carbonyl (C=O) groups excluding carboxylic acids is 1. The van der Waals surface area contributed by atoms with Crippen molar-refractivity contribution in [1.82, 2.24) is 10.2 Å². The number of carboxylic acid groups (broad SMARTS) is 1. The molecule has 0 atom stereocenters. The van der Waals surface area contributed by atoms with Crippen LogP contribution in [0.2, 0.25) is 0 Å². The molecule has 7 heteroatoms. The van der Waals surface area contributed by atoms with E-state index in [0.29, 0.717) is 39.5 Å². The van der Waals surface area contributed by atoms with Gasteiger partial charge in [-0.15, -0.1) is 0 Å². The maximum atomic E-state index is 11.8. The summed E-state index contributed by atoms with van der Waals surface area (Å²) < 4.78 is 10.1. The van der Waals surface area contributed by atoms with Crippen LogP contribution in [0.15, 0.2) is 0 Å². The first-order chi connectivity index (χ1) is 9.63. The molecule has 116 valence electrons. The molecule has 0 aliphatic carbocycles. The summed E-state index contributed by atoms with van der Waals surface area (Å²) in [5, 5.41) is 11.5. The summed E-state index contributed by atoms with van der Waals surface area (Å²) in [6.07, 6.45) is 1.71. The normalized spacial score (nSPS) is 16.1. The molecule has 2 amide bonds. The second-order valence-electron chi connectivity index (χ2n) is 4.87. The minimum atomic E-state index is -0.763. The lowest BCUT2D eigenvalue weighted by Gasteiger charge is -2.31. The lowest BCUT2D eigenvalue weighted by molar-refractivity contribution is -0.138. The molecule has 0 aromatic carbocycles. The number of aliphatic carboxylic acids is 1. The van der Waals surface area contributed by atoms with Gasteiger partial charge in [0.25, 0.3) is 0 Å². The zero-order valence-electron chi connectivity index (χ0n) is 12.0. The number of rotatable bonds is 8. The summed E-state index contributed by atoms with van der Waals surface area (Å²) in [6.45, 7) is 3.24. The Balaban J connectivity index is 2.08. The van der Waals surface area contributed by atoms with Crippen molar-refractivity contribution in [3.8, 4) is 0 Å². The minimum absolute atomic E-state index is 0.103. The van der Waals surface area contributed by atoms with Gasteiger partial charge in [-0.25, -0.2) is 4.79 Å². The first-order valence-electron chi connectivity index (χ1n) is 6.94. The van der Waals surface area contributed by atoms with Crippen LogP contribution in [0.3, 0.4) is 0 Å². The number of nitrogens with zero attached hydrogens (tertiary/aromatic N) is 1. The van der Waals surface area contributed by atoms with Gasteiger partial charge in [0, 0.05) is 33.2 Å². The maximum Gasteiger partial charge on any atom is 0.317 e. The Hall–Kier alpha value is -1.34. The molecule has 7 nitrogen and oxygen atoms in total. The lowest BCUT2D eigenvalue weighted by atomic mass is 9.94. The number of carboxylic acids is 1. The van der Waals surface area contributed by atoms with Crippen LogP contribution in [0.5, 0.6) is 0 Å². The van der Waals surface area contributed by atoms with Crippen LogP contribution in [0, 0.1) is 5.92 Å². The topological polar surface area (TPSA) is 88.1 Å². The van der Waals surface area contributed by atoms with Crippen LogP contribution < -0.4 is 5.32 Å². The van der Waals surface area contributed by atoms with Crippen molar-refractivity contribution in [3.05, 3.63) is 0 Å². The SMILES string of the molecule is COCCOCCNC(=O)N1CCC(CC(=O)O)CC1. The summed E-state index contributed by atoms with van der Waals surface area (Å²) in [6, 6.07) is -0.103. The highest BCUT2D eigenvalue weighted by Gasteiger charge is 2.23. The number of piperidine rings is 1. The molecule has 2 N–H and O–H groups in total. The van der Waals surface area contributed by atoms with Gasteiger partial charge in [-0.3, -0.25) is 4.79 Å². The molecule has 0 saturated carbocycles. The number of hydrogen-bond donors (Lipinski definition) is 2. The number of hydrogen-bond acceptors (Lipinski definition) is 4. The molecule has 1 saturated heterocycles. The van der Waals surface area contributed by atoms with Gasteiger partial charge < -0.3 is 24.8 Å². The smallest absolute Gasteiger partial charge is 0.317 e. The van der Waals surface area contributed by atoms with E-state index in [1.165, 1.54) is 0 Å². The van der Waals surface area contributed by atoms with E-state index in [1.807, 2.05) is 0 Å². The van der Waals surface area contributed by atoms with E-state index < -0.39 is 5.97 Å². The highest BCUT2D eigenvalue weighted by molar-refractivity contribution is 5.74. The van der Waals surface area contributed by atoms with Crippen LogP contribution in [-0.4, -0.2) is 68.6 Å². The van der Waals surface area contributed by atoms with Gasteiger partial charge in [-0.2, -0.15) is 0 Å². The number of methoxy groups -OCH3 is 1. The van der Waals surface area contributed by atoms with Crippen molar-refractivity contribution in [2.24, 2.45) is 5.92 Å². The van der Waals surface area contributed by atoms with E-state index in [1.54, 1.807) is 12.0 Å². The largest absolute Gasteiger partial charge is 0.481 e. The highest BCUT2D eigenvalue weighted by Crippen LogP contribution is 2.20. The van der Waals surface area contributed by atoms with E-state index in [0.717, 1.165) is 12.8 Å². The molecule has 20 heavy (non-hydrogen) atoms. The Morgan fingerprint density at radius 1 is 1.25 bits per heavy atom. The summed E-state index contributed by atoms with van der Waals surface area (Å²) in [5.74, 6) is -0.574. The zero-order chi connectivity index (χ0) is 14.8. The third-order valence-corrected chi connectivity index (χ3v) is 3.32. The van der Waals surface area contributed by atoms with Gasteiger partial charge in [0.05, 0.1) is 19.8 Å². The van der Waals surface area contributed by atoms with E-state index in [9.17, 15) is 9.59 Å². The number of carbonyl (C=O) groups is 2. The predicted molar refractivity (Wildman–Crippen MR) is 72.6 cm³/mol. The van der Waals surface area contributed by atoms with E-state index >= 15 is 0 Å². The first-order valence-corrected chi connectivity index (χ1v) is 6.94. The number of likely N-dealkylation sites (tertiary alicyclic amines) is 1. The van der Waals surface area contributed by atoms with Crippen LogP contribution in [0.4, 0.5) is 4.79 Å². The average Bonchev–Trinajstić information content (AvgIpc) is 2.42. The molecule has 0 bridgehead atoms. The molecule has 0 spiro atoms. The molecule has 1 aliphatic rings. The van der Waals surface area contributed by atoms with Crippen LogP contribution in [0.1, 0.15) is 19.3 Å². The molecular weight excluding hydrogens is 264 g/mol. The van der Waals surface area contributed by atoms with Gasteiger partial charge in [0.1, 0.15) is 0 Å². The standard InChI is InChI=1S/C13H24N2O5/c1-19-8-9-20-7-4-14-13(18)15-5-2-11(3-6-15)10-12(16)17/h11H,2-10H2,1H3,(H,14,18)(H,16,17). The second kappa shape index (κ2) is 9.55. The van der Waals surface area contributed by atoms with E-state index in [-0.39, 0.29) is 18.4 Å². The van der Waals surface area contributed by atoms with Gasteiger partial charge in [-0.1, -0.05) is 0 Å². The summed E-state index contributed by atoms with van der Waals surface area (Å²) in [7, 11) is 1.61. The molecule has 1 fully saturated rings. The zero-order valence-corrected chi connectivity index (χ0v) is 12.0. The quantitative estimate of drug-likeness (QED) is 0.637. The van der Waals surface area contributed by atoms with Crippen molar-refractivity contribution in [2.45, 2.75) is 19.3 Å². The van der Waals surface area contributed by atoms with Crippen LogP contribution in [-0.2, 0) is 14.3 Å². The van der Waals surface area contributed by atoms with Crippen molar-refractivity contribution < 1.29 is 24.2 Å². The van der Waals surface area contributed by atoms with Gasteiger partial charge in [-0.05, 0) is 18.8 Å². The predicted octanol–water partition coefficient (Wildman–Crippen LogP) is 0.546. The number of urea groups is 1. The number of amides is 2. The van der Waals surface area contributed by atoms with Gasteiger partial charge in [0.15, 0.2) is 0 Å². The molecule has 1 aliphatic heterocycles. The molecule has 1 heterocycles. The fourth-order valence-corrected chi connectivity index (χ4v) is 2.17. The third kappa shape index (κ3) is 6.72. The molecule has 0 aromatic heterocycles. The molecule has 0 aromatic rings.